The number of amides is 1. The molecule has 2 aliphatic rings. The Hall–Kier alpha value is -4.13. The van der Waals surface area contributed by atoms with Gasteiger partial charge in [-0.1, -0.05) is 211 Å². The molecule has 0 aliphatic carbocycles. The quantitative estimate of drug-likeness (QED) is 0.0204. The maximum absolute atomic E-state index is 13.2. The second-order valence-corrected chi connectivity index (χ2v) is 20.7. The predicted octanol–water partition coefficient (Wildman–Crippen LogP) is 10.9. The minimum absolute atomic E-state index is 0.253. The normalized spacial score (nSPS) is 25.2. The molecule has 14 nitrogen and oxygen atoms in total. The molecule has 2 fully saturated rings. The molecule has 0 bridgehead atoms. The minimum Gasteiger partial charge on any atom is -0.394 e. The van der Waals surface area contributed by atoms with Crippen molar-refractivity contribution < 1.29 is 64.6 Å². The molecule has 12 unspecified atom stereocenters. The first kappa shape index (κ1) is 73.0. The van der Waals surface area contributed by atoms with Crippen molar-refractivity contribution >= 4 is 5.91 Å². The van der Waals surface area contributed by atoms with Gasteiger partial charge in [0.2, 0.25) is 5.91 Å². The number of carbonyl (C=O) groups excluding carboxylic acids is 1. The summed E-state index contributed by atoms with van der Waals surface area (Å²) >= 11 is 0. The van der Waals surface area contributed by atoms with Crippen LogP contribution in [0.25, 0.3) is 0 Å². The number of hydrogen-bond acceptors (Lipinski definition) is 13. The smallest absolute Gasteiger partial charge is 0.220 e. The van der Waals surface area contributed by atoms with Gasteiger partial charge in [-0.2, -0.15) is 0 Å². The van der Waals surface area contributed by atoms with Crippen molar-refractivity contribution in [3.05, 3.63) is 146 Å². The van der Waals surface area contributed by atoms with Crippen LogP contribution >= 0.6 is 0 Å². The number of aliphatic hydroxyl groups is 8. The lowest BCUT2D eigenvalue weighted by molar-refractivity contribution is -0.359. The molecular weight excluding hydrogens is 1030 g/mol. The molecule has 0 aromatic rings. The van der Waals surface area contributed by atoms with E-state index in [-0.39, 0.29) is 18.9 Å². The number of allylic oxidation sites excluding steroid dienone is 23. The van der Waals surface area contributed by atoms with Crippen LogP contribution in [-0.4, -0.2) is 140 Å². The fourth-order valence-corrected chi connectivity index (χ4v) is 8.85. The first-order chi connectivity index (χ1) is 39.6. The van der Waals surface area contributed by atoms with E-state index in [9.17, 15) is 45.6 Å². The van der Waals surface area contributed by atoms with Crippen molar-refractivity contribution in [3.8, 4) is 0 Å². The summed E-state index contributed by atoms with van der Waals surface area (Å²) in [6, 6.07) is -0.944. The van der Waals surface area contributed by atoms with Crippen molar-refractivity contribution in [2.75, 3.05) is 19.8 Å². The van der Waals surface area contributed by atoms with E-state index >= 15 is 0 Å². The van der Waals surface area contributed by atoms with Crippen LogP contribution < -0.4 is 5.32 Å². The molecular formula is C67H107NO13. The van der Waals surface area contributed by atoms with Crippen LogP contribution in [0.3, 0.4) is 0 Å². The van der Waals surface area contributed by atoms with Crippen LogP contribution in [-0.2, 0) is 23.7 Å². The topological polar surface area (TPSA) is 228 Å². The van der Waals surface area contributed by atoms with Crippen LogP contribution in [0.15, 0.2) is 146 Å². The Morgan fingerprint density at radius 2 is 0.864 bits per heavy atom. The van der Waals surface area contributed by atoms with E-state index in [1.807, 2.05) is 6.08 Å². The van der Waals surface area contributed by atoms with Crippen LogP contribution in [0.2, 0.25) is 0 Å². The molecule has 81 heavy (non-hydrogen) atoms. The maximum atomic E-state index is 13.2. The van der Waals surface area contributed by atoms with Crippen LogP contribution in [0.4, 0.5) is 0 Å². The van der Waals surface area contributed by atoms with Gasteiger partial charge >= 0.3 is 0 Å². The van der Waals surface area contributed by atoms with E-state index in [1.165, 1.54) is 19.3 Å². The zero-order chi connectivity index (χ0) is 58.8. The van der Waals surface area contributed by atoms with Gasteiger partial charge in [0.15, 0.2) is 12.6 Å². The highest BCUT2D eigenvalue weighted by atomic mass is 16.7. The van der Waals surface area contributed by atoms with Crippen LogP contribution in [0.1, 0.15) is 174 Å². The molecule has 2 heterocycles. The SMILES string of the molecule is CC/C=C\C/C=C\C/C=C\C/C=C\C/C=C\C/C=C\C/C=C\C/C=C\C/C=C\C/C=C\CCCCCCCCCCC(=O)NC(COC1OC(CO)C(OC2OC(CO)C(O)C(O)C2O)C(O)C1O)C(O)/C=C/CC/C=C/CCCC. The Morgan fingerprint density at radius 1 is 0.457 bits per heavy atom. The summed E-state index contributed by atoms with van der Waals surface area (Å²) in [5.74, 6) is -0.269. The van der Waals surface area contributed by atoms with Gasteiger partial charge in [0.05, 0.1) is 32.0 Å². The van der Waals surface area contributed by atoms with Crippen molar-refractivity contribution in [2.45, 2.75) is 248 Å². The minimum atomic E-state index is -1.80. The molecule has 0 aromatic carbocycles. The third-order valence-electron chi connectivity index (χ3n) is 13.8. The Labute approximate surface area is 487 Å². The zero-order valence-electron chi connectivity index (χ0n) is 49.2. The van der Waals surface area contributed by atoms with Gasteiger partial charge in [0, 0.05) is 6.42 Å². The predicted molar refractivity (Wildman–Crippen MR) is 327 cm³/mol. The molecule has 0 saturated carbocycles. The van der Waals surface area contributed by atoms with Crippen molar-refractivity contribution in [1.29, 1.82) is 0 Å². The first-order valence-electron chi connectivity index (χ1n) is 30.6. The third-order valence-corrected chi connectivity index (χ3v) is 13.8. The second-order valence-electron chi connectivity index (χ2n) is 20.7. The Balaban J connectivity index is 1.60. The first-order valence-corrected chi connectivity index (χ1v) is 30.6. The molecule has 0 spiro atoms. The lowest BCUT2D eigenvalue weighted by Gasteiger charge is -2.46. The van der Waals surface area contributed by atoms with E-state index in [4.69, 9.17) is 18.9 Å². The standard InChI is InChI=1S/C67H107NO13/c1-3-5-7-9-11-13-14-15-16-17-18-19-20-21-22-23-24-25-26-27-28-29-30-31-32-33-34-35-36-37-38-39-40-41-42-43-45-47-49-51-59(72)68-55(56(71)50-48-46-44-12-10-8-6-4-2)54-78-66-64(77)62(75)65(58(53-70)80-66)81-67-63(76)61(74)60(73)57(52-69)79-67/h5,7,10-13,15-16,18-19,21-22,24-25,27-28,30-31,33-34,36-37,48,50,55-58,60-67,69-71,73-77H,3-4,6,8-9,14,17,20,23,26,29,32,35,38-47,49,51-54H2,1-2H3,(H,68,72)/b7-5-,12-10+,13-11-,16-15-,19-18-,22-21-,25-24-,28-27-,31-30-,34-33-,37-36-,50-48+. The molecule has 0 radical (unpaired) electrons. The number of aliphatic hydroxyl groups excluding tert-OH is 8. The Kier molecular flexibility index (Phi) is 45.4. The zero-order valence-corrected chi connectivity index (χ0v) is 49.2. The highest BCUT2D eigenvalue weighted by Crippen LogP contribution is 2.30. The van der Waals surface area contributed by atoms with Crippen LogP contribution in [0.5, 0.6) is 0 Å². The fraction of sp³-hybridized carbons (Fsp3) is 0.627. The average Bonchev–Trinajstić information content (AvgIpc) is 3.51. The molecule has 2 aliphatic heterocycles. The number of nitrogens with one attached hydrogen (secondary N) is 1. The molecule has 2 rings (SSSR count). The van der Waals surface area contributed by atoms with Crippen molar-refractivity contribution in [3.63, 3.8) is 0 Å². The maximum Gasteiger partial charge on any atom is 0.220 e. The van der Waals surface area contributed by atoms with E-state index in [0.29, 0.717) is 12.8 Å². The summed E-state index contributed by atoms with van der Waals surface area (Å²) in [7, 11) is 0. The Bertz CT molecular complexity index is 1910. The average molecular weight is 1130 g/mol. The summed E-state index contributed by atoms with van der Waals surface area (Å²) in [5.41, 5.74) is 0. The molecule has 1 amide bonds. The summed E-state index contributed by atoms with van der Waals surface area (Å²) in [5, 5.41) is 86.7. The van der Waals surface area contributed by atoms with Gasteiger partial charge in [-0.05, 0) is 103 Å². The lowest BCUT2D eigenvalue weighted by Crippen LogP contribution is -2.65. The monoisotopic (exact) mass is 1130 g/mol. The number of hydrogen-bond donors (Lipinski definition) is 9. The summed E-state index contributed by atoms with van der Waals surface area (Å²) in [6.45, 7) is 2.54. The third kappa shape index (κ3) is 35.6. The summed E-state index contributed by atoms with van der Waals surface area (Å²) < 4.78 is 22.6. The fourth-order valence-electron chi connectivity index (χ4n) is 8.85. The molecule has 0 aromatic heterocycles. The van der Waals surface area contributed by atoms with Gasteiger partial charge in [0.25, 0.3) is 0 Å². The molecule has 9 N–H and O–H groups in total. The van der Waals surface area contributed by atoms with Gasteiger partial charge in [0.1, 0.15) is 48.8 Å². The molecule has 458 valence electrons. The van der Waals surface area contributed by atoms with Crippen LogP contribution in [0, 0.1) is 0 Å². The number of ether oxygens (including phenoxy) is 4. The van der Waals surface area contributed by atoms with Crippen molar-refractivity contribution in [1.82, 2.24) is 5.32 Å². The summed E-state index contributed by atoms with van der Waals surface area (Å²) in [6.07, 6.45) is 59.4. The highest BCUT2D eigenvalue weighted by Gasteiger charge is 2.51. The lowest BCUT2D eigenvalue weighted by atomic mass is 9.97. The van der Waals surface area contributed by atoms with E-state index in [2.05, 4.69) is 153 Å². The largest absolute Gasteiger partial charge is 0.394 e. The highest BCUT2D eigenvalue weighted by molar-refractivity contribution is 5.76. The Morgan fingerprint density at radius 3 is 1.36 bits per heavy atom. The van der Waals surface area contributed by atoms with E-state index < -0.39 is 86.8 Å². The summed E-state index contributed by atoms with van der Waals surface area (Å²) in [4.78, 5) is 13.2. The van der Waals surface area contributed by atoms with Gasteiger partial charge < -0.3 is 65.1 Å². The van der Waals surface area contributed by atoms with Gasteiger partial charge in [-0.3, -0.25) is 4.79 Å². The molecule has 12 atom stereocenters. The second kappa shape index (κ2) is 50.4. The number of unbranched alkanes of at least 4 members (excludes halogenated alkanes) is 11. The van der Waals surface area contributed by atoms with E-state index in [1.54, 1.807) is 6.08 Å². The number of rotatable bonds is 46. The van der Waals surface area contributed by atoms with Gasteiger partial charge in [-0.15, -0.1) is 0 Å². The molecule has 2 saturated heterocycles. The molecule has 14 heteroatoms. The van der Waals surface area contributed by atoms with Gasteiger partial charge in [-0.25, -0.2) is 0 Å². The van der Waals surface area contributed by atoms with E-state index in [0.717, 1.165) is 122 Å². The number of carbonyl (C=O) groups is 1. The van der Waals surface area contributed by atoms with Crippen molar-refractivity contribution in [2.24, 2.45) is 0 Å².